The molecule has 1 atom stereocenters. The molecule has 1 aromatic heterocycles. The smallest absolute Gasteiger partial charge is 0.266 e. The van der Waals surface area contributed by atoms with Gasteiger partial charge in [-0.25, -0.2) is 4.68 Å². The summed E-state index contributed by atoms with van der Waals surface area (Å²) in [6.45, 7) is 1.27. The number of primary amides is 1. The number of piperidine rings is 1. The highest BCUT2D eigenvalue weighted by Crippen LogP contribution is 2.23. The van der Waals surface area contributed by atoms with Crippen molar-refractivity contribution in [2.45, 2.75) is 12.8 Å². The van der Waals surface area contributed by atoms with Crippen LogP contribution in [0, 0.1) is 5.92 Å². The van der Waals surface area contributed by atoms with Crippen LogP contribution in [0.2, 0.25) is 0 Å². The predicted molar refractivity (Wildman–Crippen MR) is 98.0 cm³/mol. The van der Waals surface area contributed by atoms with Crippen LogP contribution >= 0.6 is 0 Å². The van der Waals surface area contributed by atoms with Crippen LogP contribution in [0.15, 0.2) is 41.2 Å². The Labute approximate surface area is 150 Å². The number of nitrogens with one attached hydrogen (secondary N) is 1. The van der Waals surface area contributed by atoms with Gasteiger partial charge >= 0.3 is 0 Å². The third kappa shape index (κ3) is 3.74. The van der Waals surface area contributed by atoms with Crippen molar-refractivity contribution in [1.82, 2.24) is 9.78 Å². The lowest BCUT2D eigenvalue weighted by atomic mass is 9.96. The Hall–Kier alpha value is -3.16. The van der Waals surface area contributed by atoms with Gasteiger partial charge in [0, 0.05) is 26.2 Å². The van der Waals surface area contributed by atoms with E-state index >= 15 is 0 Å². The fourth-order valence-electron chi connectivity index (χ4n) is 3.10. The Morgan fingerprint density at radius 3 is 2.73 bits per heavy atom. The van der Waals surface area contributed by atoms with Gasteiger partial charge in [0.15, 0.2) is 0 Å². The highest BCUT2D eigenvalue weighted by Gasteiger charge is 2.27. The minimum absolute atomic E-state index is 0.159. The molecule has 0 bridgehead atoms. The van der Waals surface area contributed by atoms with E-state index < -0.39 is 5.91 Å². The molecule has 136 valence electrons. The number of hydrogen-bond donors (Lipinski definition) is 2. The van der Waals surface area contributed by atoms with Gasteiger partial charge in [-0.15, -0.1) is 0 Å². The minimum atomic E-state index is -0.583. The number of amides is 2. The van der Waals surface area contributed by atoms with Crippen LogP contribution in [-0.2, 0) is 11.8 Å². The largest absolute Gasteiger partial charge is 0.366 e. The van der Waals surface area contributed by atoms with E-state index in [1.54, 1.807) is 37.4 Å². The number of aromatic nitrogens is 2. The first kappa shape index (κ1) is 17.7. The number of anilines is 2. The van der Waals surface area contributed by atoms with E-state index in [0.717, 1.165) is 19.4 Å². The van der Waals surface area contributed by atoms with Gasteiger partial charge in [0.1, 0.15) is 5.82 Å². The van der Waals surface area contributed by atoms with Gasteiger partial charge in [0.2, 0.25) is 5.91 Å². The van der Waals surface area contributed by atoms with Gasteiger partial charge in [0.05, 0.1) is 17.2 Å². The summed E-state index contributed by atoms with van der Waals surface area (Å²) in [6, 6.07) is 9.82. The fourth-order valence-corrected chi connectivity index (χ4v) is 3.10. The molecule has 8 heteroatoms. The van der Waals surface area contributed by atoms with E-state index in [9.17, 15) is 14.4 Å². The van der Waals surface area contributed by atoms with Crippen LogP contribution < -0.4 is 21.5 Å². The molecule has 26 heavy (non-hydrogen) atoms. The minimum Gasteiger partial charge on any atom is -0.366 e. The molecule has 1 aromatic carbocycles. The number of rotatable bonds is 4. The monoisotopic (exact) mass is 355 g/mol. The number of aryl methyl sites for hydroxylation is 1. The van der Waals surface area contributed by atoms with Crippen molar-refractivity contribution >= 4 is 23.3 Å². The molecule has 1 fully saturated rings. The number of benzene rings is 1. The average Bonchev–Trinajstić information content (AvgIpc) is 2.64. The normalized spacial score (nSPS) is 17.0. The van der Waals surface area contributed by atoms with Crippen molar-refractivity contribution in [2.24, 2.45) is 18.7 Å². The molecule has 1 aliphatic heterocycles. The molecule has 2 heterocycles. The van der Waals surface area contributed by atoms with E-state index in [0.29, 0.717) is 18.1 Å². The molecule has 3 N–H and O–H groups in total. The molecule has 0 saturated carbocycles. The van der Waals surface area contributed by atoms with Crippen LogP contribution in [0.1, 0.15) is 23.2 Å². The Bertz CT molecular complexity index is 892. The number of nitrogens with two attached hydrogens (primary N) is 1. The third-order valence-electron chi connectivity index (χ3n) is 4.51. The van der Waals surface area contributed by atoms with Gasteiger partial charge in [-0.2, -0.15) is 5.10 Å². The zero-order valence-corrected chi connectivity index (χ0v) is 14.5. The number of hydrogen-bond acceptors (Lipinski definition) is 5. The lowest BCUT2D eigenvalue weighted by Crippen LogP contribution is -2.42. The first-order valence-corrected chi connectivity index (χ1v) is 8.44. The second-order valence-electron chi connectivity index (χ2n) is 6.34. The highest BCUT2D eigenvalue weighted by atomic mass is 16.2. The Morgan fingerprint density at radius 2 is 2.00 bits per heavy atom. The number of carbonyl (C=O) groups is 2. The maximum atomic E-state index is 12.7. The van der Waals surface area contributed by atoms with Crippen molar-refractivity contribution in [3.8, 4) is 0 Å². The van der Waals surface area contributed by atoms with Crippen molar-refractivity contribution in [3.05, 3.63) is 52.3 Å². The van der Waals surface area contributed by atoms with Crippen LogP contribution in [0.4, 0.5) is 11.5 Å². The lowest BCUT2D eigenvalue weighted by Gasteiger charge is -2.32. The summed E-state index contributed by atoms with van der Waals surface area (Å²) >= 11 is 0. The quantitative estimate of drug-likeness (QED) is 0.840. The molecule has 3 rings (SSSR count). The maximum absolute atomic E-state index is 12.7. The molecule has 1 saturated heterocycles. The van der Waals surface area contributed by atoms with Crippen molar-refractivity contribution in [2.75, 3.05) is 23.3 Å². The standard InChI is InChI=1S/C18H21N5O3/c1-22-16(24)9-8-15(21-22)23-10-4-5-12(11-23)18(26)20-14-7-3-2-6-13(14)17(19)25/h2-3,6-9,12H,4-5,10-11H2,1H3,(H2,19,25)(H,20,26)/t12-/m1/s1. The topological polar surface area (TPSA) is 110 Å². The van der Waals surface area contributed by atoms with Crippen LogP contribution in [0.5, 0.6) is 0 Å². The van der Waals surface area contributed by atoms with Gasteiger partial charge < -0.3 is 16.0 Å². The molecule has 2 aromatic rings. The SMILES string of the molecule is Cn1nc(N2CCC[C@@H](C(=O)Nc3ccccc3C(N)=O)C2)ccc1=O. The van der Waals surface area contributed by atoms with E-state index in [1.807, 2.05) is 4.90 Å². The summed E-state index contributed by atoms with van der Waals surface area (Å²) in [5.74, 6) is -0.320. The summed E-state index contributed by atoms with van der Waals surface area (Å²) < 4.78 is 1.28. The maximum Gasteiger partial charge on any atom is 0.266 e. The van der Waals surface area contributed by atoms with Crippen LogP contribution in [0.25, 0.3) is 0 Å². The van der Waals surface area contributed by atoms with Crippen LogP contribution in [0.3, 0.4) is 0 Å². The molecule has 1 aliphatic rings. The van der Waals surface area contributed by atoms with Crippen molar-refractivity contribution in [1.29, 1.82) is 0 Å². The van der Waals surface area contributed by atoms with E-state index in [1.165, 1.54) is 10.7 Å². The van der Waals surface area contributed by atoms with Gasteiger partial charge in [-0.05, 0) is 31.0 Å². The average molecular weight is 355 g/mol. The van der Waals surface area contributed by atoms with Crippen LogP contribution in [-0.4, -0.2) is 34.7 Å². The van der Waals surface area contributed by atoms with Gasteiger partial charge in [-0.3, -0.25) is 14.4 Å². The van der Waals surface area contributed by atoms with Crippen molar-refractivity contribution in [3.63, 3.8) is 0 Å². The van der Waals surface area contributed by atoms with E-state index in [2.05, 4.69) is 10.4 Å². The first-order chi connectivity index (χ1) is 12.5. The number of nitrogens with zero attached hydrogens (tertiary/aromatic N) is 3. The first-order valence-electron chi connectivity index (χ1n) is 8.44. The second-order valence-corrected chi connectivity index (χ2v) is 6.34. The Balaban J connectivity index is 1.73. The summed E-state index contributed by atoms with van der Waals surface area (Å²) in [6.07, 6.45) is 1.58. The molecule has 8 nitrogen and oxygen atoms in total. The summed E-state index contributed by atoms with van der Waals surface area (Å²) in [5, 5.41) is 7.06. The Morgan fingerprint density at radius 1 is 1.23 bits per heavy atom. The van der Waals surface area contributed by atoms with Gasteiger partial charge in [0.25, 0.3) is 11.5 Å². The van der Waals surface area contributed by atoms with E-state index in [-0.39, 0.29) is 22.9 Å². The summed E-state index contributed by atoms with van der Waals surface area (Å²) in [7, 11) is 1.60. The number of carbonyl (C=O) groups excluding carboxylic acids is 2. The molecule has 0 aliphatic carbocycles. The summed E-state index contributed by atoms with van der Waals surface area (Å²) in [4.78, 5) is 37.7. The van der Waals surface area contributed by atoms with Crippen molar-refractivity contribution < 1.29 is 9.59 Å². The third-order valence-corrected chi connectivity index (χ3v) is 4.51. The Kier molecular flexibility index (Phi) is 5.01. The predicted octanol–water partition coefficient (Wildman–Crippen LogP) is 0.734. The lowest BCUT2D eigenvalue weighted by molar-refractivity contribution is -0.120. The zero-order chi connectivity index (χ0) is 18.7. The number of para-hydroxylation sites is 1. The molecular weight excluding hydrogens is 334 g/mol. The second kappa shape index (κ2) is 7.38. The summed E-state index contributed by atoms with van der Waals surface area (Å²) in [5.41, 5.74) is 5.89. The zero-order valence-electron chi connectivity index (χ0n) is 14.5. The molecular formula is C18H21N5O3. The molecule has 2 amide bonds. The fraction of sp³-hybridized carbons (Fsp3) is 0.333. The van der Waals surface area contributed by atoms with E-state index in [4.69, 9.17) is 5.73 Å². The molecule has 0 spiro atoms. The van der Waals surface area contributed by atoms with Gasteiger partial charge in [-0.1, -0.05) is 12.1 Å². The molecule has 0 unspecified atom stereocenters. The highest BCUT2D eigenvalue weighted by molar-refractivity contribution is 6.03. The molecule has 0 radical (unpaired) electrons.